The van der Waals surface area contributed by atoms with Crippen LogP contribution in [0, 0.1) is 0 Å². The van der Waals surface area contributed by atoms with Crippen molar-refractivity contribution in [2.75, 3.05) is 6.61 Å². The first-order chi connectivity index (χ1) is 13.8. The minimum Gasteiger partial charge on any atom is -0.494 e. The molecule has 0 unspecified atom stereocenters. The first-order valence-corrected chi connectivity index (χ1v) is 9.89. The molecule has 0 amide bonds. The van der Waals surface area contributed by atoms with Crippen LogP contribution in [0.15, 0.2) is 65.8 Å². The molecule has 0 aliphatic heterocycles. The molecule has 0 aliphatic rings. The standard InChI is InChI=1S/C23H29NO4/c25-23(28-19-20-13-7-5-8-14-20)22(24-26)17-11-3-1-2-4-12-18-27-21-15-9-6-10-16-21/h5-10,13-16,26H,1-4,11-12,17-19H2. The van der Waals surface area contributed by atoms with Crippen LogP contribution in [-0.4, -0.2) is 23.5 Å². The Kier molecular flexibility index (Phi) is 10.3. The summed E-state index contributed by atoms with van der Waals surface area (Å²) in [5, 5.41) is 12.2. The molecule has 2 aromatic rings. The van der Waals surface area contributed by atoms with Gasteiger partial charge in [0.25, 0.3) is 0 Å². The van der Waals surface area contributed by atoms with Crippen molar-refractivity contribution in [3.63, 3.8) is 0 Å². The predicted molar refractivity (Wildman–Crippen MR) is 110 cm³/mol. The number of unbranched alkanes of at least 4 members (excludes halogenated alkanes) is 5. The highest BCUT2D eigenvalue weighted by atomic mass is 16.5. The van der Waals surface area contributed by atoms with Crippen LogP contribution in [0.5, 0.6) is 5.75 Å². The SMILES string of the molecule is O=C(OCc1ccccc1)C(CCCCCCCCOc1ccccc1)=NO. The van der Waals surface area contributed by atoms with Gasteiger partial charge in [-0.05, 0) is 30.5 Å². The normalized spacial score (nSPS) is 11.2. The third kappa shape index (κ3) is 8.71. The van der Waals surface area contributed by atoms with E-state index >= 15 is 0 Å². The molecule has 0 saturated heterocycles. The Morgan fingerprint density at radius 3 is 2.11 bits per heavy atom. The summed E-state index contributed by atoms with van der Waals surface area (Å²) in [4.78, 5) is 12.0. The Morgan fingerprint density at radius 1 is 0.821 bits per heavy atom. The Labute approximate surface area is 167 Å². The number of para-hydroxylation sites is 1. The molecule has 2 rings (SSSR count). The fourth-order valence-corrected chi connectivity index (χ4v) is 2.81. The lowest BCUT2D eigenvalue weighted by atomic mass is 10.1. The summed E-state index contributed by atoms with van der Waals surface area (Å²) in [5.41, 5.74) is 0.997. The number of hydrogen-bond donors (Lipinski definition) is 1. The van der Waals surface area contributed by atoms with Gasteiger partial charge >= 0.3 is 5.97 Å². The Bertz CT molecular complexity index is 701. The van der Waals surface area contributed by atoms with Gasteiger partial charge in [-0.1, -0.05) is 79.4 Å². The first kappa shape index (κ1) is 21.5. The summed E-state index contributed by atoms with van der Waals surface area (Å²) >= 11 is 0. The average Bonchev–Trinajstić information content (AvgIpc) is 2.75. The van der Waals surface area contributed by atoms with Crippen molar-refractivity contribution in [3.8, 4) is 5.75 Å². The molecular formula is C23H29NO4. The molecule has 150 valence electrons. The molecule has 28 heavy (non-hydrogen) atoms. The van der Waals surface area contributed by atoms with Crippen LogP contribution in [0.1, 0.15) is 50.5 Å². The summed E-state index contributed by atoms with van der Waals surface area (Å²) in [6.45, 7) is 0.919. The fourth-order valence-electron chi connectivity index (χ4n) is 2.81. The summed E-state index contributed by atoms with van der Waals surface area (Å²) < 4.78 is 10.9. The molecule has 0 aromatic heterocycles. The van der Waals surface area contributed by atoms with E-state index in [0.29, 0.717) is 6.42 Å². The molecule has 1 N–H and O–H groups in total. The third-order valence-corrected chi connectivity index (χ3v) is 4.39. The van der Waals surface area contributed by atoms with Crippen molar-refractivity contribution >= 4 is 11.7 Å². The minimum atomic E-state index is -0.551. The lowest BCUT2D eigenvalue weighted by molar-refractivity contribution is -0.137. The number of ether oxygens (including phenoxy) is 2. The molecule has 0 bridgehead atoms. The van der Waals surface area contributed by atoms with Crippen LogP contribution >= 0.6 is 0 Å². The molecule has 0 spiro atoms. The zero-order chi connectivity index (χ0) is 19.9. The maximum absolute atomic E-state index is 12.0. The molecule has 0 saturated carbocycles. The summed E-state index contributed by atoms with van der Waals surface area (Å²) in [6.07, 6.45) is 6.59. The maximum atomic E-state index is 12.0. The zero-order valence-corrected chi connectivity index (χ0v) is 16.3. The van der Waals surface area contributed by atoms with E-state index < -0.39 is 5.97 Å². The van der Waals surface area contributed by atoms with Crippen LogP contribution in [0.2, 0.25) is 0 Å². The monoisotopic (exact) mass is 383 g/mol. The van der Waals surface area contributed by atoms with Crippen molar-refractivity contribution in [1.29, 1.82) is 0 Å². The molecule has 2 aromatic carbocycles. The first-order valence-electron chi connectivity index (χ1n) is 9.89. The van der Waals surface area contributed by atoms with Crippen LogP contribution in [0.4, 0.5) is 0 Å². The second kappa shape index (κ2) is 13.4. The van der Waals surface area contributed by atoms with Gasteiger partial charge in [-0.2, -0.15) is 0 Å². The van der Waals surface area contributed by atoms with Gasteiger partial charge in [0, 0.05) is 6.42 Å². The van der Waals surface area contributed by atoms with E-state index in [0.717, 1.165) is 56.4 Å². The Morgan fingerprint density at radius 2 is 1.43 bits per heavy atom. The molecule has 0 radical (unpaired) electrons. The van der Waals surface area contributed by atoms with Crippen molar-refractivity contribution in [2.24, 2.45) is 5.16 Å². The number of carbonyl (C=O) groups excluding carboxylic acids is 1. The minimum absolute atomic E-state index is 0.0900. The number of carbonyl (C=O) groups is 1. The number of rotatable bonds is 13. The van der Waals surface area contributed by atoms with Gasteiger partial charge < -0.3 is 14.7 Å². The molecule has 0 fully saturated rings. The molecule has 0 heterocycles. The molecule has 5 nitrogen and oxygen atoms in total. The molecule has 5 heteroatoms. The van der Waals surface area contributed by atoms with Crippen molar-refractivity contribution in [1.82, 2.24) is 0 Å². The van der Waals surface area contributed by atoms with E-state index in [2.05, 4.69) is 5.16 Å². The van der Waals surface area contributed by atoms with Crippen molar-refractivity contribution < 1.29 is 19.5 Å². The highest BCUT2D eigenvalue weighted by Crippen LogP contribution is 2.12. The summed E-state index contributed by atoms with van der Waals surface area (Å²) in [6, 6.07) is 19.3. The van der Waals surface area contributed by atoms with Crippen LogP contribution in [-0.2, 0) is 16.1 Å². The van der Waals surface area contributed by atoms with E-state index in [1.165, 1.54) is 0 Å². The van der Waals surface area contributed by atoms with Crippen LogP contribution in [0.25, 0.3) is 0 Å². The second-order valence-electron chi connectivity index (χ2n) is 6.64. The maximum Gasteiger partial charge on any atom is 0.356 e. The van der Waals surface area contributed by atoms with E-state index in [1.807, 2.05) is 60.7 Å². The van der Waals surface area contributed by atoms with E-state index in [-0.39, 0.29) is 12.3 Å². The molecular weight excluding hydrogens is 354 g/mol. The smallest absolute Gasteiger partial charge is 0.356 e. The number of esters is 1. The van der Waals surface area contributed by atoms with Crippen molar-refractivity contribution in [2.45, 2.75) is 51.6 Å². The third-order valence-electron chi connectivity index (χ3n) is 4.39. The molecule has 0 aliphatic carbocycles. The summed E-state index contributed by atoms with van der Waals surface area (Å²) in [7, 11) is 0. The van der Waals surface area contributed by atoms with Crippen LogP contribution < -0.4 is 4.74 Å². The second-order valence-corrected chi connectivity index (χ2v) is 6.64. The van der Waals surface area contributed by atoms with Gasteiger partial charge in [0.1, 0.15) is 12.4 Å². The number of benzene rings is 2. The summed E-state index contributed by atoms with van der Waals surface area (Å²) in [5.74, 6) is 0.363. The lowest BCUT2D eigenvalue weighted by Gasteiger charge is -2.07. The average molecular weight is 383 g/mol. The van der Waals surface area contributed by atoms with Gasteiger partial charge in [-0.25, -0.2) is 4.79 Å². The largest absolute Gasteiger partial charge is 0.494 e. The highest BCUT2D eigenvalue weighted by Gasteiger charge is 2.13. The predicted octanol–water partition coefficient (Wildman–Crippen LogP) is 5.37. The van der Waals surface area contributed by atoms with Gasteiger partial charge in [0.05, 0.1) is 6.61 Å². The fraction of sp³-hybridized carbons (Fsp3) is 0.391. The quantitative estimate of drug-likeness (QED) is 0.166. The van der Waals surface area contributed by atoms with Gasteiger partial charge in [-0.3, -0.25) is 0 Å². The van der Waals surface area contributed by atoms with Gasteiger partial charge in [0.2, 0.25) is 0 Å². The number of hydrogen-bond acceptors (Lipinski definition) is 5. The highest BCUT2D eigenvalue weighted by molar-refractivity contribution is 6.36. The number of oxime groups is 1. The lowest BCUT2D eigenvalue weighted by Crippen LogP contribution is -2.17. The van der Waals surface area contributed by atoms with Crippen LogP contribution in [0.3, 0.4) is 0 Å². The Hall–Kier alpha value is -2.82. The zero-order valence-electron chi connectivity index (χ0n) is 16.3. The van der Waals surface area contributed by atoms with E-state index in [4.69, 9.17) is 14.7 Å². The molecule has 0 atom stereocenters. The van der Waals surface area contributed by atoms with Gasteiger partial charge in [0.15, 0.2) is 5.71 Å². The Balaban J connectivity index is 1.48. The van der Waals surface area contributed by atoms with Crippen molar-refractivity contribution in [3.05, 3.63) is 66.2 Å². The van der Waals surface area contributed by atoms with E-state index in [9.17, 15) is 4.79 Å². The van der Waals surface area contributed by atoms with E-state index in [1.54, 1.807) is 0 Å². The van der Waals surface area contributed by atoms with Gasteiger partial charge in [-0.15, -0.1) is 0 Å². The number of nitrogens with zero attached hydrogens (tertiary/aromatic N) is 1. The topological polar surface area (TPSA) is 68.1 Å².